The van der Waals surface area contributed by atoms with E-state index in [-0.39, 0.29) is 11.7 Å². The number of rotatable bonds is 3. The van der Waals surface area contributed by atoms with E-state index in [2.05, 4.69) is 10.5 Å². The first-order valence-electron chi connectivity index (χ1n) is 4.88. The van der Waals surface area contributed by atoms with Crippen LogP contribution in [0, 0.1) is 0 Å². The van der Waals surface area contributed by atoms with E-state index in [0.717, 1.165) is 5.56 Å². The molecule has 2 rings (SSSR count). The summed E-state index contributed by atoms with van der Waals surface area (Å²) in [4.78, 5) is 11.4. The summed E-state index contributed by atoms with van der Waals surface area (Å²) in [5.41, 5.74) is 3.19. The lowest BCUT2D eigenvalue weighted by atomic mass is 10.2. The Morgan fingerprint density at radius 1 is 1.29 bits per heavy atom. The number of hydrogen-bond acceptors (Lipinski definition) is 3. The molecule has 1 aromatic carbocycles. The first-order valence-corrected chi connectivity index (χ1v) is 5.26. The molecule has 0 aliphatic carbocycles. The van der Waals surface area contributed by atoms with Crippen molar-refractivity contribution in [2.45, 2.75) is 0 Å². The highest BCUT2D eigenvalue weighted by molar-refractivity contribution is 6.30. The van der Waals surface area contributed by atoms with Gasteiger partial charge < -0.3 is 4.42 Å². The molecule has 0 saturated carbocycles. The van der Waals surface area contributed by atoms with E-state index in [1.54, 1.807) is 36.4 Å². The summed E-state index contributed by atoms with van der Waals surface area (Å²) < 4.78 is 4.91. The average molecular weight is 249 g/mol. The molecule has 0 aliphatic rings. The third-order valence-electron chi connectivity index (χ3n) is 1.99. The van der Waals surface area contributed by atoms with E-state index in [4.69, 9.17) is 16.0 Å². The van der Waals surface area contributed by atoms with Crippen molar-refractivity contribution in [3.05, 3.63) is 59.0 Å². The van der Waals surface area contributed by atoms with Crippen LogP contribution in [-0.4, -0.2) is 12.1 Å². The molecule has 0 atom stereocenters. The van der Waals surface area contributed by atoms with Gasteiger partial charge in [-0.25, -0.2) is 5.43 Å². The van der Waals surface area contributed by atoms with E-state index in [1.165, 1.54) is 12.5 Å². The third-order valence-corrected chi connectivity index (χ3v) is 2.25. The molecule has 0 unspecified atom stereocenters. The van der Waals surface area contributed by atoms with Gasteiger partial charge in [-0.15, -0.1) is 0 Å². The van der Waals surface area contributed by atoms with E-state index < -0.39 is 0 Å². The number of halogens is 1. The fraction of sp³-hybridized carbons (Fsp3) is 0. The molecule has 1 N–H and O–H groups in total. The van der Waals surface area contributed by atoms with Gasteiger partial charge in [-0.3, -0.25) is 4.79 Å². The number of amides is 1. The van der Waals surface area contributed by atoms with Crippen LogP contribution in [0.4, 0.5) is 0 Å². The molecule has 0 aliphatic heterocycles. The zero-order valence-corrected chi connectivity index (χ0v) is 9.52. The van der Waals surface area contributed by atoms with Crippen molar-refractivity contribution in [3.8, 4) is 0 Å². The summed E-state index contributed by atoms with van der Waals surface area (Å²) in [6.07, 6.45) is 2.95. The minimum atomic E-state index is -0.389. The van der Waals surface area contributed by atoms with Crippen molar-refractivity contribution < 1.29 is 9.21 Å². The Labute approximate surface area is 103 Å². The first-order chi connectivity index (χ1) is 8.25. The maximum absolute atomic E-state index is 11.4. The summed E-state index contributed by atoms with van der Waals surface area (Å²) in [7, 11) is 0. The van der Waals surface area contributed by atoms with Crippen molar-refractivity contribution >= 4 is 23.7 Å². The number of nitrogens with one attached hydrogen (secondary N) is 1. The van der Waals surface area contributed by atoms with Crippen LogP contribution >= 0.6 is 11.6 Å². The van der Waals surface area contributed by atoms with Gasteiger partial charge in [0.2, 0.25) is 0 Å². The van der Waals surface area contributed by atoms with Gasteiger partial charge in [-0.1, -0.05) is 23.7 Å². The van der Waals surface area contributed by atoms with Crippen molar-refractivity contribution in [1.29, 1.82) is 0 Å². The summed E-state index contributed by atoms with van der Waals surface area (Å²) in [6.45, 7) is 0. The van der Waals surface area contributed by atoms with Gasteiger partial charge in [0, 0.05) is 5.02 Å². The minimum absolute atomic E-state index is 0.221. The SMILES string of the molecule is O=C(N/N=C/c1ccc(Cl)cc1)c1ccco1. The van der Waals surface area contributed by atoms with Crippen LogP contribution in [-0.2, 0) is 0 Å². The molecule has 4 nitrogen and oxygen atoms in total. The maximum atomic E-state index is 11.4. The molecule has 86 valence electrons. The van der Waals surface area contributed by atoms with Crippen LogP contribution in [0.2, 0.25) is 5.02 Å². The van der Waals surface area contributed by atoms with Crippen LogP contribution < -0.4 is 5.43 Å². The van der Waals surface area contributed by atoms with Crippen molar-refractivity contribution in [3.63, 3.8) is 0 Å². The van der Waals surface area contributed by atoms with Crippen molar-refractivity contribution in [2.75, 3.05) is 0 Å². The lowest BCUT2D eigenvalue weighted by molar-refractivity contribution is 0.0927. The van der Waals surface area contributed by atoms with Gasteiger partial charge >= 0.3 is 5.91 Å². The van der Waals surface area contributed by atoms with Crippen LogP contribution in [0.25, 0.3) is 0 Å². The fourth-order valence-corrected chi connectivity index (χ4v) is 1.30. The molecule has 5 heteroatoms. The normalized spacial score (nSPS) is 10.6. The molecule has 1 aromatic heterocycles. The van der Waals surface area contributed by atoms with Gasteiger partial charge in [0.1, 0.15) is 0 Å². The quantitative estimate of drug-likeness (QED) is 0.671. The van der Waals surface area contributed by atoms with Gasteiger partial charge in [0.05, 0.1) is 12.5 Å². The second kappa shape index (κ2) is 5.32. The summed E-state index contributed by atoms with van der Waals surface area (Å²) in [5, 5.41) is 4.45. The Morgan fingerprint density at radius 2 is 2.06 bits per heavy atom. The van der Waals surface area contributed by atoms with E-state index in [1.807, 2.05) is 0 Å². The number of benzene rings is 1. The zero-order valence-electron chi connectivity index (χ0n) is 8.76. The monoisotopic (exact) mass is 248 g/mol. The van der Waals surface area contributed by atoms with E-state index >= 15 is 0 Å². The van der Waals surface area contributed by atoms with Crippen LogP contribution in [0.15, 0.2) is 52.2 Å². The van der Waals surface area contributed by atoms with Crippen LogP contribution in [0.1, 0.15) is 16.1 Å². The number of nitrogens with zero attached hydrogens (tertiary/aromatic N) is 1. The van der Waals surface area contributed by atoms with Crippen LogP contribution in [0.5, 0.6) is 0 Å². The molecule has 0 bridgehead atoms. The molecular formula is C12H9ClN2O2. The highest BCUT2D eigenvalue weighted by Crippen LogP contribution is 2.07. The van der Waals surface area contributed by atoms with E-state index in [0.29, 0.717) is 5.02 Å². The Kier molecular flexibility index (Phi) is 3.57. The molecule has 0 fully saturated rings. The topological polar surface area (TPSA) is 54.6 Å². The molecular weight excluding hydrogens is 240 g/mol. The second-order valence-corrected chi connectivity index (χ2v) is 3.66. The largest absolute Gasteiger partial charge is 0.459 e. The molecule has 0 saturated heterocycles. The first kappa shape index (κ1) is 11.4. The highest BCUT2D eigenvalue weighted by atomic mass is 35.5. The van der Waals surface area contributed by atoms with Crippen molar-refractivity contribution in [1.82, 2.24) is 5.43 Å². The summed E-state index contributed by atoms with van der Waals surface area (Å²) in [6, 6.07) is 10.3. The predicted molar refractivity (Wildman–Crippen MR) is 65.2 cm³/mol. The molecule has 17 heavy (non-hydrogen) atoms. The maximum Gasteiger partial charge on any atom is 0.307 e. The smallest absolute Gasteiger partial charge is 0.307 e. The highest BCUT2D eigenvalue weighted by Gasteiger charge is 2.05. The van der Waals surface area contributed by atoms with E-state index in [9.17, 15) is 4.79 Å². The minimum Gasteiger partial charge on any atom is -0.459 e. The lowest BCUT2D eigenvalue weighted by Gasteiger charge is -1.95. The van der Waals surface area contributed by atoms with Gasteiger partial charge in [0.15, 0.2) is 5.76 Å². The summed E-state index contributed by atoms with van der Waals surface area (Å²) >= 11 is 5.74. The number of hydrazone groups is 1. The van der Waals surface area contributed by atoms with Gasteiger partial charge in [-0.05, 0) is 29.8 Å². The van der Waals surface area contributed by atoms with Gasteiger partial charge in [0.25, 0.3) is 0 Å². The Bertz CT molecular complexity index is 518. The standard InChI is InChI=1S/C12H9ClN2O2/c13-10-5-3-9(4-6-10)8-14-15-12(16)11-2-1-7-17-11/h1-8H,(H,15,16)/b14-8+. The molecule has 2 aromatic rings. The Hall–Kier alpha value is -2.07. The molecule has 0 spiro atoms. The third kappa shape index (κ3) is 3.19. The summed E-state index contributed by atoms with van der Waals surface area (Å²) in [5.74, 6) is -0.168. The number of carbonyl (C=O) groups excluding carboxylic acids is 1. The number of hydrogen-bond donors (Lipinski definition) is 1. The molecule has 1 amide bonds. The molecule has 0 radical (unpaired) electrons. The lowest BCUT2D eigenvalue weighted by Crippen LogP contribution is -2.16. The fourth-order valence-electron chi connectivity index (χ4n) is 1.18. The Morgan fingerprint density at radius 3 is 2.71 bits per heavy atom. The number of furan rings is 1. The van der Waals surface area contributed by atoms with Crippen LogP contribution in [0.3, 0.4) is 0 Å². The van der Waals surface area contributed by atoms with Gasteiger partial charge in [-0.2, -0.15) is 5.10 Å². The second-order valence-electron chi connectivity index (χ2n) is 3.23. The predicted octanol–water partition coefficient (Wildman–Crippen LogP) is 2.70. The Balaban J connectivity index is 1.94. The number of carbonyl (C=O) groups is 1. The van der Waals surface area contributed by atoms with Crippen molar-refractivity contribution in [2.24, 2.45) is 5.10 Å². The molecule has 1 heterocycles. The average Bonchev–Trinajstić information content (AvgIpc) is 2.85. The zero-order chi connectivity index (χ0) is 12.1.